The average molecular weight is 424 g/mol. The first-order chi connectivity index (χ1) is 14.2. The van der Waals surface area contributed by atoms with Gasteiger partial charge in [-0.15, -0.1) is 0 Å². The standard InChI is InChI=1S/C27H41NOSi/c1-8-30(9-2,10-3)29-27(7,19-14-17-26-15-12-11-13-16-26)25(6)22-24(5)21-23(4)18-20-28/h11-17,22-23H,5,8-10,18-19,21H2,1-4,6-7H3/b17-14+,25-22+/t23-,27+/m0/s1. The zero-order valence-electron chi connectivity index (χ0n) is 20.0. The molecule has 0 aliphatic rings. The van der Waals surface area contributed by atoms with Gasteiger partial charge in [0.25, 0.3) is 0 Å². The van der Waals surface area contributed by atoms with Crippen LogP contribution < -0.4 is 0 Å². The number of benzene rings is 1. The largest absolute Gasteiger partial charge is 0.408 e. The summed E-state index contributed by atoms with van der Waals surface area (Å²) < 4.78 is 7.05. The van der Waals surface area contributed by atoms with Crippen LogP contribution in [-0.2, 0) is 4.43 Å². The zero-order chi connectivity index (χ0) is 22.6. The van der Waals surface area contributed by atoms with Crippen molar-refractivity contribution in [3.63, 3.8) is 0 Å². The predicted molar refractivity (Wildman–Crippen MR) is 134 cm³/mol. The smallest absolute Gasteiger partial charge is 0.193 e. The highest BCUT2D eigenvalue weighted by atomic mass is 28.4. The molecule has 0 aliphatic heterocycles. The van der Waals surface area contributed by atoms with Gasteiger partial charge in [-0.2, -0.15) is 5.26 Å². The van der Waals surface area contributed by atoms with E-state index in [1.54, 1.807) is 0 Å². The number of nitriles is 1. The van der Waals surface area contributed by atoms with Crippen molar-refractivity contribution in [2.24, 2.45) is 5.92 Å². The Balaban J connectivity index is 3.14. The van der Waals surface area contributed by atoms with E-state index in [2.05, 4.69) is 96.7 Å². The van der Waals surface area contributed by atoms with E-state index in [1.807, 2.05) is 6.07 Å². The summed E-state index contributed by atoms with van der Waals surface area (Å²) in [7, 11) is -1.79. The van der Waals surface area contributed by atoms with E-state index in [0.29, 0.717) is 12.3 Å². The molecule has 0 saturated carbocycles. The lowest BCUT2D eigenvalue weighted by Gasteiger charge is -2.41. The van der Waals surface area contributed by atoms with Gasteiger partial charge in [-0.05, 0) is 61.9 Å². The molecule has 1 rings (SSSR count). The van der Waals surface area contributed by atoms with Crippen LogP contribution in [0.5, 0.6) is 0 Å². The minimum absolute atomic E-state index is 0.326. The van der Waals surface area contributed by atoms with Crippen molar-refractivity contribution < 1.29 is 4.43 Å². The van der Waals surface area contributed by atoms with Gasteiger partial charge >= 0.3 is 0 Å². The maximum atomic E-state index is 8.94. The van der Waals surface area contributed by atoms with E-state index < -0.39 is 8.32 Å². The lowest BCUT2D eigenvalue weighted by Crippen LogP contribution is -2.46. The van der Waals surface area contributed by atoms with E-state index in [-0.39, 0.29) is 5.60 Å². The van der Waals surface area contributed by atoms with Crippen molar-refractivity contribution >= 4 is 14.4 Å². The third-order valence-corrected chi connectivity index (χ3v) is 11.0. The molecule has 0 radical (unpaired) electrons. The van der Waals surface area contributed by atoms with Crippen molar-refractivity contribution in [2.45, 2.75) is 84.5 Å². The van der Waals surface area contributed by atoms with Crippen molar-refractivity contribution in [2.75, 3.05) is 0 Å². The first kappa shape index (κ1) is 26.1. The molecule has 0 bridgehead atoms. The second-order valence-corrected chi connectivity index (χ2v) is 13.4. The second kappa shape index (κ2) is 12.7. The van der Waals surface area contributed by atoms with Crippen LogP contribution in [0.15, 0.2) is 60.2 Å². The minimum atomic E-state index is -1.79. The Morgan fingerprint density at radius 2 is 1.80 bits per heavy atom. The first-order valence-electron chi connectivity index (χ1n) is 11.4. The SMILES string of the molecule is C=C(/C=C(\C)[C@@](C)(C/C=C/c1ccccc1)O[Si](CC)(CC)CC)C[C@@H](C)CC#N. The monoisotopic (exact) mass is 423 g/mol. The van der Waals surface area contributed by atoms with Crippen molar-refractivity contribution in [3.05, 3.63) is 65.8 Å². The summed E-state index contributed by atoms with van der Waals surface area (Å²) in [5.74, 6) is 0.326. The molecule has 0 aliphatic carbocycles. The molecule has 1 aromatic rings. The average Bonchev–Trinajstić information content (AvgIpc) is 2.73. The van der Waals surface area contributed by atoms with Gasteiger partial charge in [-0.1, -0.05) is 88.4 Å². The summed E-state index contributed by atoms with van der Waals surface area (Å²) in [5.41, 5.74) is 3.16. The van der Waals surface area contributed by atoms with Crippen LogP contribution in [0, 0.1) is 17.2 Å². The predicted octanol–water partition coefficient (Wildman–Crippen LogP) is 8.31. The molecule has 0 fully saturated rings. The lowest BCUT2D eigenvalue weighted by atomic mass is 9.89. The number of rotatable bonds is 13. The number of nitrogens with zero attached hydrogens (tertiary/aromatic N) is 1. The summed E-state index contributed by atoms with van der Waals surface area (Å²) in [6.45, 7) is 17.6. The van der Waals surface area contributed by atoms with Crippen LogP contribution in [-0.4, -0.2) is 13.9 Å². The first-order valence-corrected chi connectivity index (χ1v) is 13.9. The lowest BCUT2D eigenvalue weighted by molar-refractivity contribution is 0.116. The van der Waals surface area contributed by atoms with Gasteiger partial charge in [0.15, 0.2) is 8.32 Å². The Bertz CT molecular complexity index is 747. The molecule has 0 amide bonds. The van der Waals surface area contributed by atoms with E-state index in [4.69, 9.17) is 9.69 Å². The summed E-state index contributed by atoms with van der Waals surface area (Å²) >= 11 is 0. The molecule has 1 aromatic carbocycles. The van der Waals surface area contributed by atoms with Crippen LogP contribution in [0.3, 0.4) is 0 Å². The molecule has 3 heteroatoms. The quantitative estimate of drug-likeness (QED) is 0.236. The molecule has 164 valence electrons. The molecule has 0 N–H and O–H groups in total. The zero-order valence-corrected chi connectivity index (χ0v) is 21.0. The Kier molecular flexibility index (Phi) is 11.1. The van der Waals surface area contributed by atoms with E-state index in [9.17, 15) is 0 Å². The maximum Gasteiger partial charge on any atom is 0.193 e. The Hall–Kier alpha value is -1.89. The fraction of sp³-hybridized carbons (Fsp3) is 0.519. The normalized spacial score (nSPS) is 15.6. The molecule has 0 aromatic heterocycles. The van der Waals surface area contributed by atoms with Gasteiger partial charge in [0.1, 0.15) is 0 Å². The van der Waals surface area contributed by atoms with E-state index >= 15 is 0 Å². The topological polar surface area (TPSA) is 33.0 Å². The van der Waals surface area contributed by atoms with Crippen LogP contribution in [0.1, 0.15) is 66.4 Å². The Morgan fingerprint density at radius 1 is 1.20 bits per heavy atom. The molecule has 2 nitrogen and oxygen atoms in total. The minimum Gasteiger partial charge on any atom is -0.408 e. The summed E-state index contributed by atoms with van der Waals surface area (Å²) in [5, 5.41) is 8.94. The van der Waals surface area contributed by atoms with Gasteiger partial charge in [-0.25, -0.2) is 0 Å². The molecule has 2 atom stereocenters. The van der Waals surface area contributed by atoms with Gasteiger partial charge < -0.3 is 4.43 Å². The maximum absolute atomic E-state index is 8.94. The second-order valence-electron chi connectivity index (χ2n) is 8.75. The van der Waals surface area contributed by atoms with Gasteiger partial charge in [0, 0.05) is 6.42 Å². The Morgan fingerprint density at radius 3 is 2.33 bits per heavy atom. The Labute approximate surface area is 186 Å². The molecular formula is C27H41NOSi. The number of hydrogen-bond acceptors (Lipinski definition) is 2. The summed E-state index contributed by atoms with van der Waals surface area (Å²) in [6, 6.07) is 16.1. The molecule has 0 spiro atoms. The van der Waals surface area contributed by atoms with Crippen LogP contribution in [0.25, 0.3) is 6.08 Å². The van der Waals surface area contributed by atoms with E-state index in [0.717, 1.165) is 36.5 Å². The molecule has 30 heavy (non-hydrogen) atoms. The van der Waals surface area contributed by atoms with Crippen molar-refractivity contribution in [1.29, 1.82) is 5.26 Å². The number of hydrogen-bond donors (Lipinski definition) is 0. The van der Waals surface area contributed by atoms with E-state index in [1.165, 1.54) is 11.1 Å². The fourth-order valence-corrected chi connectivity index (χ4v) is 7.04. The highest BCUT2D eigenvalue weighted by Gasteiger charge is 2.38. The number of allylic oxidation sites excluding steroid dienone is 2. The fourth-order valence-electron chi connectivity index (χ4n) is 3.90. The van der Waals surface area contributed by atoms with Crippen LogP contribution in [0.4, 0.5) is 0 Å². The highest BCUT2D eigenvalue weighted by molar-refractivity contribution is 6.73. The third-order valence-electron chi connectivity index (χ3n) is 6.30. The summed E-state index contributed by atoms with van der Waals surface area (Å²) in [6.07, 6.45) is 8.87. The van der Waals surface area contributed by atoms with Gasteiger partial charge in [0.05, 0.1) is 11.7 Å². The molecule has 0 saturated heterocycles. The van der Waals surface area contributed by atoms with Gasteiger partial charge in [-0.3, -0.25) is 0 Å². The van der Waals surface area contributed by atoms with Crippen molar-refractivity contribution in [1.82, 2.24) is 0 Å². The van der Waals surface area contributed by atoms with Crippen LogP contribution >= 0.6 is 0 Å². The summed E-state index contributed by atoms with van der Waals surface area (Å²) in [4.78, 5) is 0. The van der Waals surface area contributed by atoms with Gasteiger partial charge in [0.2, 0.25) is 0 Å². The molecular weight excluding hydrogens is 382 g/mol. The molecule has 0 heterocycles. The van der Waals surface area contributed by atoms with Crippen molar-refractivity contribution in [3.8, 4) is 6.07 Å². The third kappa shape index (κ3) is 8.09. The highest BCUT2D eigenvalue weighted by Crippen LogP contribution is 2.35. The van der Waals surface area contributed by atoms with Crippen LogP contribution in [0.2, 0.25) is 18.1 Å². The molecule has 0 unspecified atom stereocenters.